The van der Waals surface area contributed by atoms with Crippen LogP contribution in [0, 0.1) is 6.92 Å². The first-order valence-corrected chi connectivity index (χ1v) is 7.10. The molecule has 1 atom stereocenters. The first-order valence-electron chi connectivity index (χ1n) is 7.10. The second kappa shape index (κ2) is 6.82. The van der Waals surface area contributed by atoms with Crippen LogP contribution in [-0.4, -0.2) is 46.2 Å². The highest BCUT2D eigenvalue weighted by atomic mass is 16.2. The molecule has 1 aromatic rings. The molecule has 1 aromatic heterocycles. The van der Waals surface area contributed by atoms with Crippen molar-refractivity contribution in [1.82, 2.24) is 14.9 Å². The molecule has 0 saturated carbocycles. The van der Waals surface area contributed by atoms with Crippen LogP contribution in [0.2, 0.25) is 0 Å². The van der Waals surface area contributed by atoms with Gasteiger partial charge in [-0.25, -0.2) is 9.97 Å². The molecule has 1 fully saturated rings. The lowest BCUT2D eigenvalue weighted by atomic mass is 10.1. The number of aliphatic hydroxyl groups is 1. The van der Waals surface area contributed by atoms with E-state index < -0.39 is 0 Å². The van der Waals surface area contributed by atoms with Crippen molar-refractivity contribution in [3.8, 4) is 0 Å². The maximum Gasteiger partial charge on any atom is 0.144 e. The molecule has 0 aromatic carbocycles. The van der Waals surface area contributed by atoms with Gasteiger partial charge in [0.25, 0.3) is 0 Å². The van der Waals surface area contributed by atoms with Crippen LogP contribution in [0.3, 0.4) is 0 Å². The fourth-order valence-electron chi connectivity index (χ4n) is 2.77. The zero-order valence-corrected chi connectivity index (χ0v) is 11.9. The van der Waals surface area contributed by atoms with Crippen molar-refractivity contribution in [1.29, 1.82) is 0 Å². The monoisotopic (exact) mass is 264 g/mol. The van der Waals surface area contributed by atoms with Gasteiger partial charge >= 0.3 is 0 Å². The summed E-state index contributed by atoms with van der Waals surface area (Å²) < 4.78 is 0. The SMILES string of the molecule is CNc1cc(C)nc(CN2CCCC2CCCO)n1. The molecule has 1 saturated heterocycles. The number of hydrogen-bond acceptors (Lipinski definition) is 5. The molecular weight excluding hydrogens is 240 g/mol. The first-order chi connectivity index (χ1) is 9.22. The molecule has 2 heterocycles. The third kappa shape index (κ3) is 3.88. The molecule has 19 heavy (non-hydrogen) atoms. The van der Waals surface area contributed by atoms with Crippen molar-refractivity contribution in [2.45, 2.75) is 45.2 Å². The highest BCUT2D eigenvalue weighted by Crippen LogP contribution is 2.23. The molecule has 0 bridgehead atoms. The minimum Gasteiger partial charge on any atom is -0.396 e. The Bertz CT molecular complexity index is 410. The maximum absolute atomic E-state index is 8.96. The highest BCUT2D eigenvalue weighted by molar-refractivity contribution is 5.34. The normalized spacial score (nSPS) is 19.8. The van der Waals surface area contributed by atoms with Gasteiger partial charge in [0.2, 0.25) is 0 Å². The van der Waals surface area contributed by atoms with Gasteiger partial charge in [-0.1, -0.05) is 0 Å². The van der Waals surface area contributed by atoms with E-state index in [9.17, 15) is 0 Å². The third-order valence-corrected chi connectivity index (χ3v) is 3.70. The Labute approximate surface area is 115 Å². The number of rotatable bonds is 6. The fraction of sp³-hybridized carbons (Fsp3) is 0.714. The minimum atomic E-state index is 0.287. The van der Waals surface area contributed by atoms with Gasteiger partial charge in [-0.3, -0.25) is 4.90 Å². The molecule has 2 rings (SSSR count). The average molecular weight is 264 g/mol. The van der Waals surface area contributed by atoms with Crippen molar-refractivity contribution in [3.05, 3.63) is 17.6 Å². The van der Waals surface area contributed by atoms with Crippen LogP contribution in [0.5, 0.6) is 0 Å². The summed E-state index contributed by atoms with van der Waals surface area (Å²) in [5, 5.41) is 12.0. The van der Waals surface area contributed by atoms with Gasteiger partial charge in [-0.2, -0.15) is 0 Å². The van der Waals surface area contributed by atoms with E-state index >= 15 is 0 Å². The zero-order chi connectivity index (χ0) is 13.7. The quantitative estimate of drug-likeness (QED) is 0.816. The number of nitrogens with zero attached hydrogens (tertiary/aromatic N) is 3. The number of likely N-dealkylation sites (tertiary alicyclic amines) is 1. The summed E-state index contributed by atoms with van der Waals surface area (Å²) in [6.45, 7) is 4.21. The number of hydrogen-bond donors (Lipinski definition) is 2. The van der Waals surface area contributed by atoms with Crippen LogP contribution in [0.1, 0.15) is 37.2 Å². The lowest BCUT2D eigenvalue weighted by Crippen LogP contribution is -2.30. The topological polar surface area (TPSA) is 61.3 Å². The summed E-state index contributed by atoms with van der Waals surface area (Å²) in [5.74, 6) is 1.77. The number of aliphatic hydroxyl groups excluding tert-OH is 1. The molecule has 0 spiro atoms. The molecule has 1 aliphatic rings. The van der Waals surface area contributed by atoms with Crippen molar-refractivity contribution in [2.75, 3.05) is 25.5 Å². The smallest absolute Gasteiger partial charge is 0.144 e. The van der Waals surface area contributed by atoms with Crippen LogP contribution in [-0.2, 0) is 6.54 Å². The van der Waals surface area contributed by atoms with Gasteiger partial charge in [0.15, 0.2) is 0 Å². The summed E-state index contributed by atoms with van der Waals surface area (Å²) in [4.78, 5) is 11.5. The predicted molar refractivity (Wildman–Crippen MR) is 76.1 cm³/mol. The van der Waals surface area contributed by atoms with Crippen LogP contribution < -0.4 is 5.32 Å². The lowest BCUT2D eigenvalue weighted by Gasteiger charge is -2.23. The van der Waals surface area contributed by atoms with Crippen molar-refractivity contribution in [3.63, 3.8) is 0 Å². The van der Waals surface area contributed by atoms with Gasteiger partial charge in [-0.15, -0.1) is 0 Å². The molecule has 0 amide bonds. The van der Waals surface area contributed by atoms with Crippen LogP contribution in [0.4, 0.5) is 5.82 Å². The minimum absolute atomic E-state index is 0.287. The van der Waals surface area contributed by atoms with Crippen molar-refractivity contribution < 1.29 is 5.11 Å². The third-order valence-electron chi connectivity index (χ3n) is 3.70. The number of nitrogens with one attached hydrogen (secondary N) is 1. The molecule has 5 nitrogen and oxygen atoms in total. The molecule has 2 N–H and O–H groups in total. The van der Waals surface area contributed by atoms with Gasteiger partial charge in [-0.05, 0) is 39.2 Å². The Morgan fingerprint density at radius 2 is 2.32 bits per heavy atom. The van der Waals surface area contributed by atoms with E-state index in [0.717, 1.165) is 43.3 Å². The second-order valence-electron chi connectivity index (χ2n) is 5.19. The Morgan fingerprint density at radius 3 is 3.05 bits per heavy atom. The number of aryl methyl sites for hydroxylation is 1. The van der Waals surface area contributed by atoms with E-state index in [1.807, 2.05) is 20.0 Å². The summed E-state index contributed by atoms with van der Waals surface area (Å²) in [6.07, 6.45) is 4.42. The van der Waals surface area contributed by atoms with Crippen molar-refractivity contribution >= 4 is 5.82 Å². The van der Waals surface area contributed by atoms with Crippen LogP contribution in [0.15, 0.2) is 6.07 Å². The van der Waals surface area contributed by atoms with Gasteiger partial charge in [0.1, 0.15) is 11.6 Å². The Morgan fingerprint density at radius 1 is 1.47 bits per heavy atom. The maximum atomic E-state index is 8.96. The highest BCUT2D eigenvalue weighted by Gasteiger charge is 2.24. The Balaban J connectivity index is 2.01. The fourth-order valence-corrected chi connectivity index (χ4v) is 2.77. The summed E-state index contributed by atoms with van der Waals surface area (Å²) >= 11 is 0. The second-order valence-corrected chi connectivity index (χ2v) is 5.19. The standard InChI is InChI=1S/C14H24N4O/c1-11-9-13(15-2)17-14(16-11)10-18-7-3-5-12(18)6-4-8-19/h9,12,19H,3-8,10H2,1-2H3,(H,15,16,17). The van der Waals surface area contributed by atoms with Gasteiger partial charge in [0.05, 0.1) is 6.54 Å². The predicted octanol–water partition coefficient (Wildman–Crippen LogP) is 1.56. The summed E-state index contributed by atoms with van der Waals surface area (Å²) in [6, 6.07) is 2.53. The molecule has 106 valence electrons. The molecular formula is C14H24N4O. The Hall–Kier alpha value is -1.20. The molecule has 0 radical (unpaired) electrons. The van der Waals surface area contributed by atoms with E-state index in [1.54, 1.807) is 0 Å². The van der Waals surface area contributed by atoms with Gasteiger partial charge < -0.3 is 10.4 Å². The largest absolute Gasteiger partial charge is 0.396 e. The number of anilines is 1. The van der Waals surface area contributed by atoms with Crippen LogP contribution >= 0.6 is 0 Å². The van der Waals surface area contributed by atoms with E-state index in [1.165, 1.54) is 12.8 Å². The van der Waals surface area contributed by atoms with Gasteiger partial charge in [0, 0.05) is 31.5 Å². The average Bonchev–Trinajstić information content (AvgIpc) is 2.83. The summed E-state index contributed by atoms with van der Waals surface area (Å²) in [5.41, 5.74) is 1.00. The Kier molecular flexibility index (Phi) is 5.10. The van der Waals surface area contributed by atoms with E-state index in [0.29, 0.717) is 6.04 Å². The lowest BCUT2D eigenvalue weighted by molar-refractivity contribution is 0.206. The molecule has 1 unspecified atom stereocenters. The zero-order valence-electron chi connectivity index (χ0n) is 11.9. The molecule has 1 aliphatic heterocycles. The van der Waals surface area contributed by atoms with E-state index in [4.69, 9.17) is 5.11 Å². The van der Waals surface area contributed by atoms with E-state index in [-0.39, 0.29) is 6.61 Å². The van der Waals surface area contributed by atoms with Crippen LogP contribution in [0.25, 0.3) is 0 Å². The molecule has 5 heteroatoms. The van der Waals surface area contributed by atoms with Crippen molar-refractivity contribution in [2.24, 2.45) is 0 Å². The summed E-state index contributed by atoms with van der Waals surface area (Å²) in [7, 11) is 1.88. The molecule has 0 aliphatic carbocycles. The first kappa shape index (κ1) is 14.2. The van der Waals surface area contributed by atoms with E-state index in [2.05, 4.69) is 20.2 Å². The number of aromatic nitrogens is 2.